The summed E-state index contributed by atoms with van der Waals surface area (Å²) < 4.78 is 10.3. The van der Waals surface area contributed by atoms with Gasteiger partial charge in [-0.1, -0.05) is 6.07 Å². The SMILES string of the molecule is COc1ccc(CCC(=O)CC#N)c(OC)c1. The van der Waals surface area contributed by atoms with Gasteiger partial charge in [-0.25, -0.2) is 0 Å². The molecule has 0 aliphatic rings. The highest BCUT2D eigenvalue weighted by Crippen LogP contribution is 2.25. The lowest BCUT2D eigenvalue weighted by Crippen LogP contribution is -2.00. The fourth-order valence-electron chi connectivity index (χ4n) is 1.51. The zero-order valence-electron chi connectivity index (χ0n) is 10.0. The molecule has 0 saturated carbocycles. The van der Waals surface area contributed by atoms with Gasteiger partial charge < -0.3 is 9.47 Å². The summed E-state index contributed by atoms with van der Waals surface area (Å²) in [5, 5.41) is 8.39. The van der Waals surface area contributed by atoms with Crippen LogP contribution < -0.4 is 9.47 Å². The van der Waals surface area contributed by atoms with E-state index in [4.69, 9.17) is 14.7 Å². The number of carbonyl (C=O) groups is 1. The van der Waals surface area contributed by atoms with E-state index in [0.717, 1.165) is 5.56 Å². The molecule has 0 spiro atoms. The van der Waals surface area contributed by atoms with Crippen molar-refractivity contribution in [3.05, 3.63) is 23.8 Å². The second-order valence-corrected chi connectivity index (χ2v) is 3.55. The van der Waals surface area contributed by atoms with E-state index in [-0.39, 0.29) is 12.2 Å². The van der Waals surface area contributed by atoms with Crippen molar-refractivity contribution < 1.29 is 14.3 Å². The zero-order chi connectivity index (χ0) is 12.7. The van der Waals surface area contributed by atoms with Gasteiger partial charge in [0, 0.05) is 12.5 Å². The average molecular weight is 233 g/mol. The number of nitrogens with zero attached hydrogens (tertiary/aromatic N) is 1. The lowest BCUT2D eigenvalue weighted by atomic mass is 10.1. The van der Waals surface area contributed by atoms with Gasteiger partial charge in [0.05, 0.1) is 26.7 Å². The predicted octanol–water partition coefficient (Wildman–Crippen LogP) is 2.12. The highest BCUT2D eigenvalue weighted by atomic mass is 16.5. The molecule has 0 aliphatic heterocycles. The van der Waals surface area contributed by atoms with E-state index >= 15 is 0 Å². The molecule has 90 valence electrons. The number of benzene rings is 1. The van der Waals surface area contributed by atoms with E-state index in [2.05, 4.69) is 0 Å². The maximum atomic E-state index is 11.3. The Morgan fingerprint density at radius 1 is 1.35 bits per heavy atom. The summed E-state index contributed by atoms with van der Waals surface area (Å²) in [4.78, 5) is 11.3. The molecule has 0 N–H and O–H groups in total. The molecule has 0 heterocycles. The van der Waals surface area contributed by atoms with Gasteiger partial charge in [0.2, 0.25) is 0 Å². The molecule has 1 aromatic rings. The van der Waals surface area contributed by atoms with Crippen LogP contribution in [0.3, 0.4) is 0 Å². The van der Waals surface area contributed by atoms with Gasteiger partial charge in [-0.3, -0.25) is 4.79 Å². The van der Waals surface area contributed by atoms with Gasteiger partial charge in [0.1, 0.15) is 17.3 Å². The largest absolute Gasteiger partial charge is 0.497 e. The molecule has 0 fully saturated rings. The summed E-state index contributed by atoms with van der Waals surface area (Å²) in [6.45, 7) is 0. The van der Waals surface area contributed by atoms with Crippen LogP contribution in [0.5, 0.6) is 11.5 Å². The Balaban J connectivity index is 2.71. The van der Waals surface area contributed by atoms with Gasteiger partial charge >= 0.3 is 0 Å². The number of methoxy groups -OCH3 is 2. The smallest absolute Gasteiger partial charge is 0.147 e. The second kappa shape index (κ2) is 6.54. The molecule has 0 saturated heterocycles. The molecule has 0 amide bonds. The first-order valence-electron chi connectivity index (χ1n) is 5.30. The van der Waals surface area contributed by atoms with Crippen LogP contribution in [0.4, 0.5) is 0 Å². The quantitative estimate of drug-likeness (QED) is 0.755. The molecule has 17 heavy (non-hydrogen) atoms. The Labute approximate surface area is 101 Å². The fourth-order valence-corrected chi connectivity index (χ4v) is 1.51. The van der Waals surface area contributed by atoms with Crippen LogP contribution in [-0.4, -0.2) is 20.0 Å². The first-order chi connectivity index (χ1) is 8.21. The zero-order valence-corrected chi connectivity index (χ0v) is 10.0. The van der Waals surface area contributed by atoms with Gasteiger partial charge in [-0.15, -0.1) is 0 Å². The summed E-state index contributed by atoms with van der Waals surface area (Å²) >= 11 is 0. The van der Waals surface area contributed by atoms with Crippen LogP contribution in [0.25, 0.3) is 0 Å². The average Bonchev–Trinajstić information content (AvgIpc) is 2.36. The van der Waals surface area contributed by atoms with Crippen molar-refractivity contribution in [3.63, 3.8) is 0 Å². The first-order valence-corrected chi connectivity index (χ1v) is 5.30. The highest BCUT2D eigenvalue weighted by Gasteiger charge is 2.07. The number of ether oxygens (including phenoxy) is 2. The highest BCUT2D eigenvalue weighted by molar-refractivity contribution is 5.80. The summed E-state index contributed by atoms with van der Waals surface area (Å²) in [6.07, 6.45) is 0.905. The molecule has 0 bridgehead atoms. The lowest BCUT2D eigenvalue weighted by Gasteiger charge is -2.09. The third kappa shape index (κ3) is 3.80. The molecule has 1 rings (SSSR count). The topological polar surface area (TPSA) is 59.3 Å². The van der Waals surface area contributed by atoms with Crippen molar-refractivity contribution in [1.82, 2.24) is 0 Å². The first kappa shape index (κ1) is 13.0. The van der Waals surface area contributed by atoms with Crippen LogP contribution >= 0.6 is 0 Å². The van der Waals surface area contributed by atoms with Crippen LogP contribution in [-0.2, 0) is 11.2 Å². The standard InChI is InChI=1S/C13H15NO3/c1-16-12-6-4-10(13(9-12)17-2)3-5-11(15)7-8-14/h4,6,9H,3,5,7H2,1-2H3. The van der Waals surface area contributed by atoms with Crippen molar-refractivity contribution in [2.24, 2.45) is 0 Å². The van der Waals surface area contributed by atoms with Gasteiger partial charge in [0.15, 0.2) is 0 Å². The summed E-state index contributed by atoms with van der Waals surface area (Å²) in [5.41, 5.74) is 0.944. The van der Waals surface area contributed by atoms with Gasteiger partial charge in [-0.05, 0) is 18.1 Å². The number of Topliss-reactive ketones (excluding diaryl/α,β-unsaturated/α-hetero) is 1. The van der Waals surface area contributed by atoms with E-state index in [9.17, 15) is 4.79 Å². The maximum Gasteiger partial charge on any atom is 0.147 e. The molecule has 0 unspecified atom stereocenters. The molecule has 0 radical (unpaired) electrons. The van der Waals surface area contributed by atoms with Crippen LogP contribution in [0, 0.1) is 11.3 Å². The van der Waals surface area contributed by atoms with E-state index in [1.54, 1.807) is 20.3 Å². The molecule has 4 nitrogen and oxygen atoms in total. The van der Waals surface area contributed by atoms with Crippen LogP contribution in [0.15, 0.2) is 18.2 Å². The Hall–Kier alpha value is -2.02. The Morgan fingerprint density at radius 3 is 2.71 bits per heavy atom. The van der Waals surface area contributed by atoms with Crippen molar-refractivity contribution in [2.75, 3.05) is 14.2 Å². The summed E-state index contributed by atoms with van der Waals surface area (Å²) in [5.74, 6) is 1.37. The third-order valence-corrected chi connectivity index (χ3v) is 2.44. The molecule has 4 heteroatoms. The Morgan fingerprint density at radius 2 is 2.12 bits per heavy atom. The van der Waals surface area contributed by atoms with E-state index < -0.39 is 0 Å². The summed E-state index contributed by atoms with van der Waals surface area (Å²) in [6, 6.07) is 7.33. The van der Waals surface area contributed by atoms with Gasteiger partial charge in [0.25, 0.3) is 0 Å². The number of nitriles is 1. The van der Waals surface area contributed by atoms with E-state index in [0.29, 0.717) is 24.3 Å². The molecular formula is C13H15NO3. The number of ketones is 1. The molecule has 0 aliphatic carbocycles. The lowest BCUT2D eigenvalue weighted by molar-refractivity contribution is -0.118. The van der Waals surface area contributed by atoms with Crippen molar-refractivity contribution >= 4 is 5.78 Å². The molecule has 1 aromatic carbocycles. The predicted molar refractivity (Wildman–Crippen MR) is 63.1 cm³/mol. The number of hydrogen-bond acceptors (Lipinski definition) is 4. The van der Waals surface area contributed by atoms with E-state index in [1.807, 2.05) is 18.2 Å². The van der Waals surface area contributed by atoms with Crippen molar-refractivity contribution in [1.29, 1.82) is 5.26 Å². The minimum atomic E-state index is -0.0506. The number of hydrogen-bond donors (Lipinski definition) is 0. The molecule has 0 atom stereocenters. The number of carbonyl (C=O) groups excluding carboxylic acids is 1. The monoisotopic (exact) mass is 233 g/mol. The van der Waals surface area contributed by atoms with Crippen molar-refractivity contribution in [3.8, 4) is 17.6 Å². The minimum absolute atomic E-state index is 0.0293. The third-order valence-electron chi connectivity index (χ3n) is 2.44. The normalized spacial score (nSPS) is 9.47. The number of rotatable bonds is 6. The summed E-state index contributed by atoms with van der Waals surface area (Å²) in [7, 11) is 3.17. The van der Waals surface area contributed by atoms with Crippen molar-refractivity contribution in [2.45, 2.75) is 19.3 Å². The molecule has 0 aromatic heterocycles. The van der Waals surface area contributed by atoms with Crippen LogP contribution in [0.1, 0.15) is 18.4 Å². The van der Waals surface area contributed by atoms with Crippen LogP contribution in [0.2, 0.25) is 0 Å². The van der Waals surface area contributed by atoms with Gasteiger partial charge in [-0.2, -0.15) is 5.26 Å². The maximum absolute atomic E-state index is 11.3. The second-order valence-electron chi connectivity index (χ2n) is 3.55. The fraction of sp³-hybridized carbons (Fsp3) is 0.385. The Kier molecular flexibility index (Phi) is 5.02. The molecular weight excluding hydrogens is 218 g/mol. The minimum Gasteiger partial charge on any atom is -0.497 e. The number of aryl methyl sites for hydroxylation is 1. The van der Waals surface area contributed by atoms with E-state index in [1.165, 1.54) is 0 Å². The Bertz CT molecular complexity index is 435.